The number of aromatic amines is 1. The maximum Gasteiger partial charge on any atom is 0.341 e. The van der Waals surface area contributed by atoms with Crippen molar-refractivity contribution in [1.82, 2.24) is 14.9 Å². The number of H-pyrrole nitrogens is 1. The van der Waals surface area contributed by atoms with Crippen molar-refractivity contribution >= 4 is 12.2 Å². The molecule has 0 spiro atoms. The highest BCUT2D eigenvalue weighted by Crippen LogP contribution is 2.55. The van der Waals surface area contributed by atoms with Gasteiger partial charge in [0.05, 0.1) is 11.9 Å². The molecule has 2 amide bonds. The topological polar surface area (TPSA) is 117 Å². The summed E-state index contributed by atoms with van der Waals surface area (Å²) >= 11 is 0. The molecule has 168 valence electrons. The lowest BCUT2D eigenvalue weighted by Crippen LogP contribution is -2.59. The second-order valence-corrected chi connectivity index (χ2v) is 9.94. The van der Waals surface area contributed by atoms with E-state index in [0.717, 1.165) is 41.2 Å². The molecule has 4 fully saturated rings. The summed E-state index contributed by atoms with van der Waals surface area (Å²) in [6, 6.07) is 4.82. The Morgan fingerprint density at radius 1 is 1.16 bits per heavy atom. The second kappa shape index (κ2) is 7.46. The van der Waals surface area contributed by atoms with Crippen molar-refractivity contribution in [3.8, 4) is 11.6 Å². The fourth-order valence-corrected chi connectivity index (χ4v) is 6.50. The number of hydrogen-bond acceptors (Lipinski definition) is 4. The molecule has 0 saturated heterocycles. The van der Waals surface area contributed by atoms with Gasteiger partial charge in [-0.1, -0.05) is 12.1 Å². The number of aromatic nitrogens is 2. The fraction of sp³-hybridized carbons (Fsp3) is 0.500. The predicted molar refractivity (Wildman–Crippen MR) is 121 cm³/mol. The Morgan fingerprint density at radius 3 is 2.41 bits per heavy atom. The number of aryl methyl sites for hydroxylation is 1. The lowest BCUT2D eigenvalue weighted by Gasteiger charge is -2.56. The first kappa shape index (κ1) is 20.7. The molecule has 0 atom stereocenters. The minimum absolute atomic E-state index is 0.199. The van der Waals surface area contributed by atoms with E-state index in [9.17, 15) is 19.5 Å². The molecule has 4 bridgehead atoms. The SMILES string of the molecule is Cc1cccc(-n2c(O)c(C=NC(=O)NC34CC5CC(CC(C5)C3)C4)c(=O)[nH]c2=O)c1C. The molecule has 1 aromatic carbocycles. The van der Waals surface area contributed by atoms with Gasteiger partial charge >= 0.3 is 11.7 Å². The highest BCUT2D eigenvalue weighted by molar-refractivity contribution is 5.92. The first-order chi connectivity index (χ1) is 15.2. The molecule has 8 heteroatoms. The number of urea groups is 1. The summed E-state index contributed by atoms with van der Waals surface area (Å²) in [5.41, 5.74) is 0.207. The normalized spacial score (nSPS) is 28.4. The number of hydrogen-bond donors (Lipinski definition) is 3. The average molecular weight is 437 g/mol. The number of amides is 2. The Hall–Kier alpha value is -3.16. The van der Waals surface area contributed by atoms with Crippen LogP contribution in [0.1, 0.15) is 55.2 Å². The molecular weight excluding hydrogens is 408 g/mol. The monoisotopic (exact) mass is 436 g/mol. The van der Waals surface area contributed by atoms with E-state index in [1.54, 1.807) is 12.1 Å². The summed E-state index contributed by atoms with van der Waals surface area (Å²) in [6.45, 7) is 3.72. The maximum absolute atomic E-state index is 12.7. The molecule has 1 heterocycles. The van der Waals surface area contributed by atoms with Crippen LogP contribution in [0.5, 0.6) is 5.88 Å². The fourth-order valence-electron chi connectivity index (χ4n) is 6.50. The Labute approximate surface area is 185 Å². The third kappa shape index (κ3) is 3.47. The van der Waals surface area contributed by atoms with Gasteiger partial charge in [-0.05, 0) is 87.3 Å². The zero-order valence-corrected chi connectivity index (χ0v) is 18.4. The highest BCUT2D eigenvalue weighted by atomic mass is 16.3. The quantitative estimate of drug-likeness (QED) is 0.642. The van der Waals surface area contributed by atoms with Gasteiger partial charge in [0.25, 0.3) is 5.56 Å². The van der Waals surface area contributed by atoms with Crippen molar-refractivity contribution in [3.63, 3.8) is 0 Å². The molecule has 0 aliphatic heterocycles. The second-order valence-electron chi connectivity index (χ2n) is 9.94. The van der Waals surface area contributed by atoms with Crippen LogP contribution in [0.4, 0.5) is 4.79 Å². The van der Waals surface area contributed by atoms with Crippen LogP contribution in [0, 0.1) is 31.6 Å². The van der Waals surface area contributed by atoms with E-state index < -0.39 is 23.2 Å². The number of nitrogens with one attached hydrogen (secondary N) is 2. The van der Waals surface area contributed by atoms with Crippen LogP contribution in [0.3, 0.4) is 0 Å². The van der Waals surface area contributed by atoms with E-state index in [1.165, 1.54) is 19.3 Å². The van der Waals surface area contributed by atoms with E-state index in [2.05, 4.69) is 15.3 Å². The van der Waals surface area contributed by atoms with Gasteiger partial charge < -0.3 is 10.4 Å². The van der Waals surface area contributed by atoms with Crippen LogP contribution in [-0.2, 0) is 0 Å². The Balaban J connectivity index is 1.43. The number of aromatic hydroxyl groups is 1. The Kier molecular flexibility index (Phi) is 4.83. The Morgan fingerprint density at radius 2 is 1.78 bits per heavy atom. The van der Waals surface area contributed by atoms with Crippen molar-refractivity contribution in [2.45, 2.75) is 57.9 Å². The lowest BCUT2D eigenvalue weighted by molar-refractivity contribution is -0.0129. The molecule has 0 radical (unpaired) electrons. The first-order valence-electron chi connectivity index (χ1n) is 11.3. The summed E-state index contributed by atoms with van der Waals surface area (Å²) in [7, 11) is 0. The largest absolute Gasteiger partial charge is 0.493 e. The summed E-state index contributed by atoms with van der Waals surface area (Å²) in [4.78, 5) is 43.6. The standard InChI is InChI=1S/C24H28N4O4/c1-13-4-3-5-19(14(13)2)28-21(30)18(20(29)26-23(28)32)12-25-22(31)27-24-9-15-6-16(10-24)8-17(7-15)11-24/h3-5,12,15-17,30H,6-11H2,1-2H3,(H,27,31)(H,26,29,32). The van der Waals surface area contributed by atoms with E-state index in [4.69, 9.17) is 0 Å². The predicted octanol–water partition coefficient (Wildman–Crippen LogP) is 2.95. The van der Waals surface area contributed by atoms with Gasteiger partial charge in [-0.2, -0.15) is 0 Å². The van der Waals surface area contributed by atoms with Crippen LogP contribution in [0.25, 0.3) is 5.69 Å². The average Bonchev–Trinajstić information content (AvgIpc) is 2.69. The number of carbonyl (C=O) groups excluding carboxylic acids is 1. The molecule has 4 aliphatic rings. The number of carbonyl (C=O) groups is 1. The van der Waals surface area contributed by atoms with Gasteiger partial charge in [0.15, 0.2) is 0 Å². The molecule has 4 aliphatic carbocycles. The molecule has 1 aromatic heterocycles. The highest BCUT2D eigenvalue weighted by Gasteiger charge is 2.51. The molecule has 3 N–H and O–H groups in total. The van der Waals surface area contributed by atoms with E-state index in [-0.39, 0.29) is 11.1 Å². The van der Waals surface area contributed by atoms with Gasteiger partial charge in [-0.25, -0.2) is 19.1 Å². The van der Waals surface area contributed by atoms with Crippen molar-refractivity contribution in [1.29, 1.82) is 0 Å². The van der Waals surface area contributed by atoms with Crippen molar-refractivity contribution < 1.29 is 9.90 Å². The van der Waals surface area contributed by atoms with Gasteiger partial charge in [0.1, 0.15) is 5.56 Å². The van der Waals surface area contributed by atoms with Crippen LogP contribution >= 0.6 is 0 Å². The zero-order valence-electron chi connectivity index (χ0n) is 18.4. The molecule has 4 saturated carbocycles. The molecule has 32 heavy (non-hydrogen) atoms. The summed E-state index contributed by atoms with van der Waals surface area (Å²) < 4.78 is 1.03. The summed E-state index contributed by atoms with van der Waals surface area (Å²) in [6.07, 6.45) is 7.81. The van der Waals surface area contributed by atoms with Crippen LogP contribution in [0.2, 0.25) is 0 Å². The number of rotatable bonds is 3. The van der Waals surface area contributed by atoms with Crippen molar-refractivity contribution in [2.24, 2.45) is 22.7 Å². The van der Waals surface area contributed by atoms with Gasteiger partial charge in [0, 0.05) is 5.54 Å². The minimum Gasteiger partial charge on any atom is -0.493 e. The van der Waals surface area contributed by atoms with E-state index in [0.29, 0.717) is 23.4 Å². The number of aliphatic imine (C=N–C) groups is 1. The number of nitrogens with zero attached hydrogens (tertiary/aromatic N) is 2. The van der Waals surface area contributed by atoms with Crippen LogP contribution < -0.4 is 16.6 Å². The van der Waals surface area contributed by atoms with E-state index in [1.807, 2.05) is 19.9 Å². The van der Waals surface area contributed by atoms with Crippen LogP contribution in [-0.4, -0.2) is 32.4 Å². The Bertz CT molecular complexity index is 1200. The first-order valence-corrected chi connectivity index (χ1v) is 11.3. The molecular formula is C24H28N4O4. The smallest absolute Gasteiger partial charge is 0.341 e. The summed E-state index contributed by atoms with van der Waals surface area (Å²) in [5, 5.41) is 13.9. The third-order valence-corrected chi connectivity index (χ3v) is 7.66. The summed E-state index contributed by atoms with van der Waals surface area (Å²) in [5.74, 6) is 1.49. The lowest BCUT2D eigenvalue weighted by atomic mass is 9.53. The van der Waals surface area contributed by atoms with Crippen molar-refractivity contribution in [2.75, 3.05) is 0 Å². The van der Waals surface area contributed by atoms with Crippen molar-refractivity contribution in [3.05, 3.63) is 55.7 Å². The van der Waals surface area contributed by atoms with E-state index >= 15 is 0 Å². The molecule has 6 rings (SSSR count). The van der Waals surface area contributed by atoms with Gasteiger partial charge in [-0.15, -0.1) is 0 Å². The van der Waals surface area contributed by atoms with Gasteiger partial charge in [-0.3, -0.25) is 9.78 Å². The minimum atomic E-state index is -0.791. The molecule has 0 unspecified atom stereocenters. The maximum atomic E-state index is 12.7. The molecule has 2 aromatic rings. The van der Waals surface area contributed by atoms with Gasteiger partial charge in [0.2, 0.25) is 5.88 Å². The van der Waals surface area contributed by atoms with Crippen LogP contribution in [0.15, 0.2) is 32.8 Å². The zero-order chi connectivity index (χ0) is 22.6. The third-order valence-electron chi connectivity index (χ3n) is 7.66. The number of benzene rings is 1. The molecule has 8 nitrogen and oxygen atoms in total.